The van der Waals surface area contributed by atoms with Crippen molar-refractivity contribution in [1.29, 1.82) is 0 Å². The van der Waals surface area contributed by atoms with Crippen LogP contribution in [0.25, 0.3) is 77.5 Å². The van der Waals surface area contributed by atoms with E-state index in [1.54, 1.807) is 0 Å². The van der Waals surface area contributed by atoms with Crippen molar-refractivity contribution in [2.24, 2.45) is 0 Å². The van der Waals surface area contributed by atoms with Crippen LogP contribution in [0, 0.1) is 0 Å². The summed E-state index contributed by atoms with van der Waals surface area (Å²) in [7, 11) is 0. The molecule has 3 nitrogen and oxygen atoms in total. The van der Waals surface area contributed by atoms with Crippen LogP contribution < -0.4 is 4.90 Å². The van der Waals surface area contributed by atoms with Gasteiger partial charge < -0.3 is 9.32 Å². The standard InChI is InChI=1S/C51H34N2O/c1-2-12-35(13-3-1)40-18-8-20-44(33-40)53(45-21-9-19-41(34-45)42-27-26-36-14-4-5-16-39(36)32-42)43-30-28-38(29-31-43)47-23-11-25-49-50(47)54-51(52-49)48-24-10-17-37-15-6-7-22-46(37)48/h1-34H. The monoisotopic (exact) mass is 690 g/mol. The molecule has 0 radical (unpaired) electrons. The van der Waals surface area contributed by atoms with Crippen LogP contribution in [-0.4, -0.2) is 4.98 Å². The maximum Gasteiger partial charge on any atom is 0.227 e. The minimum atomic E-state index is 0.627. The summed E-state index contributed by atoms with van der Waals surface area (Å²) < 4.78 is 6.58. The molecule has 10 aromatic rings. The fourth-order valence-corrected chi connectivity index (χ4v) is 7.59. The maximum atomic E-state index is 6.58. The first-order valence-corrected chi connectivity index (χ1v) is 18.3. The molecule has 54 heavy (non-hydrogen) atoms. The Morgan fingerprint density at radius 1 is 0.352 bits per heavy atom. The van der Waals surface area contributed by atoms with Gasteiger partial charge in [0.2, 0.25) is 5.89 Å². The van der Waals surface area contributed by atoms with Crippen molar-refractivity contribution in [2.75, 3.05) is 4.90 Å². The van der Waals surface area contributed by atoms with Gasteiger partial charge in [-0.3, -0.25) is 0 Å². The Hall–Kier alpha value is -7.23. The van der Waals surface area contributed by atoms with Crippen LogP contribution in [0.5, 0.6) is 0 Å². The first-order chi connectivity index (χ1) is 26.7. The number of nitrogens with zero attached hydrogens (tertiary/aromatic N) is 2. The summed E-state index contributed by atoms with van der Waals surface area (Å²) in [6.07, 6.45) is 0. The van der Waals surface area contributed by atoms with Crippen molar-refractivity contribution in [3.8, 4) is 44.8 Å². The summed E-state index contributed by atoms with van der Waals surface area (Å²) >= 11 is 0. The molecule has 0 fully saturated rings. The molecule has 9 aromatic carbocycles. The van der Waals surface area contributed by atoms with Gasteiger partial charge in [0.25, 0.3) is 0 Å². The minimum absolute atomic E-state index is 0.627. The molecule has 0 aliphatic rings. The van der Waals surface area contributed by atoms with Crippen LogP contribution >= 0.6 is 0 Å². The van der Waals surface area contributed by atoms with Gasteiger partial charge in [0.15, 0.2) is 5.58 Å². The number of hydrogen-bond donors (Lipinski definition) is 0. The average Bonchev–Trinajstić information content (AvgIpc) is 3.69. The number of oxazole rings is 1. The lowest BCUT2D eigenvalue weighted by Gasteiger charge is -2.27. The Balaban J connectivity index is 1.07. The van der Waals surface area contributed by atoms with Gasteiger partial charge in [-0.05, 0) is 104 Å². The van der Waals surface area contributed by atoms with Gasteiger partial charge in [0.05, 0.1) is 0 Å². The maximum absolute atomic E-state index is 6.58. The second-order valence-electron chi connectivity index (χ2n) is 13.6. The van der Waals surface area contributed by atoms with E-state index < -0.39 is 0 Å². The fraction of sp³-hybridized carbons (Fsp3) is 0. The summed E-state index contributed by atoms with van der Waals surface area (Å²) in [5.41, 5.74) is 12.6. The SMILES string of the molecule is c1ccc(-c2cccc(N(c3ccc(-c4cccc5nc(-c6cccc7ccccc67)oc45)cc3)c3cccc(-c4ccc5ccccc5c4)c3)c2)cc1. The largest absolute Gasteiger partial charge is 0.435 e. The molecule has 0 saturated heterocycles. The highest BCUT2D eigenvalue weighted by molar-refractivity contribution is 5.98. The zero-order valence-corrected chi connectivity index (χ0v) is 29.4. The minimum Gasteiger partial charge on any atom is -0.435 e. The first kappa shape index (κ1) is 31.5. The van der Waals surface area contributed by atoms with Crippen LogP contribution in [0.1, 0.15) is 0 Å². The van der Waals surface area contributed by atoms with Gasteiger partial charge in [-0.2, -0.15) is 0 Å². The molecule has 0 saturated carbocycles. The molecule has 0 spiro atoms. The molecule has 0 aliphatic heterocycles. The zero-order chi connectivity index (χ0) is 35.8. The predicted molar refractivity (Wildman–Crippen MR) is 225 cm³/mol. The number of aromatic nitrogens is 1. The van der Waals surface area contributed by atoms with Crippen molar-refractivity contribution in [1.82, 2.24) is 4.98 Å². The summed E-state index contributed by atoms with van der Waals surface area (Å²) in [5.74, 6) is 0.627. The van der Waals surface area contributed by atoms with Gasteiger partial charge in [-0.25, -0.2) is 4.98 Å². The van der Waals surface area contributed by atoms with Crippen molar-refractivity contribution < 1.29 is 4.42 Å². The van der Waals surface area contributed by atoms with Crippen molar-refractivity contribution in [3.63, 3.8) is 0 Å². The molecular weight excluding hydrogens is 657 g/mol. The highest BCUT2D eigenvalue weighted by Crippen LogP contribution is 2.41. The molecule has 0 aliphatic carbocycles. The number of para-hydroxylation sites is 1. The first-order valence-electron chi connectivity index (χ1n) is 18.3. The topological polar surface area (TPSA) is 29.3 Å². The van der Waals surface area contributed by atoms with Crippen LogP contribution in [0.4, 0.5) is 17.1 Å². The van der Waals surface area contributed by atoms with E-state index in [9.17, 15) is 0 Å². The lowest BCUT2D eigenvalue weighted by molar-refractivity contribution is 0.621. The van der Waals surface area contributed by atoms with E-state index in [0.717, 1.165) is 61.2 Å². The van der Waals surface area contributed by atoms with E-state index in [4.69, 9.17) is 9.40 Å². The Kier molecular flexibility index (Phi) is 7.81. The Labute approximate surface area is 314 Å². The van der Waals surface area contributed by atoms with E-state index in [-0.39, 0.29) is 0 Å². The summed E-state index contributed by atoms with van der Waals surface area (Å²) in [6.45, 7) is 0. The van der Waals surface area contributed by atoms with E-state index in [1.807, 2.05) is 6.07 Å². The van der Waals surface area contributed by atoms with Crippen molar-refractivity contribution >= 4 is 49.7 Å². The van der Waals surface area contributed by atoms with E-state index in [2.05, 4.69) is 205 Å². The lowest BCUT2D eigenvalue weighted by Crippen LogP contribution is -2.10. The molecule has 0 N–H and O–H groups in total. The number of hydrogen-bond acceptors (Lipinski definition) is 3. The quantitative estimate of drug-likeness (QED) is 0.167. The number of fused-ring (bicyclic) bond motifs is 3. The van der Waals surface area contributed by atoms with Crippen LogP contribution in [0.3, 0.4) is 0 Å². The van der Waals surface area contributed by atoms with Crippen molar-refractivity contribution in [2.45, 2.75) is 0 Å². The van der Waals surface area contributed by atoms with Gasteiger partial charge in [0.1, 0.15) is 5.52 Å². The summed E-state index contributed by atoms with van der Waals surface area (Å²) in [5, 5.41) is 4.75. The highest BCUT2D eigenvalue weighted by atomic mass is 16.3. The molecule has 0 bridgehead atoms. The third-order valence-corrected chi connectivity index (χ3v) is 10.3. The molecule has 1 aromatic heterocycles. The molecule has 254 valence electrons. The lowest BCUT2D eigenvalue weighted by atomic mass is 10.00. The molecular formula is C51H34N2O. The predicted octanol–water partition coefficient (Wildman–Crippen LogP) is 14.3. The molecule has 10 rings (SSSR count). The number of anilines is 3. The summed E-state index contributed by atoms with van der Waals surface area (Å²) in [6, 6.07) is 73.0. The second kappa shape index (κ2) is 13.4. The Morgan fingerprint density at radius 2 is 0.926 bits per heavy atom. The second-order valence-corrected chi connectivity index (χ2v) is 13.6. The van der Waals surface area contributed by atoms with Gasteiger partial charge in [0, 0.05) is 28.2 Å². The Bertz CT molecular complexity index is 2940. The van der Waals surface area contributed by atoms with Crippen LogP contribution in [0.15, 0.2) is 211 Å². The Morgan fingerprint density at radius 3 is 1.72 bits per heavy atom. The highest BCUT2D eigenvalue weighted by Gasteiger charge is 2.18. The summed E-state index contributed by atoms with van der Waals surface area (Å²) in [4.78, 5) is 7.29. The van der Waals surface area contributed by atoms with Gasteiger partial charge in [-0.1, -0.05) is 152 Å². The smallest absolute Gasteiger partial charge is 0.227 e. The molecule has 1 heterocycles. The van der Waals surface area contributed by atoms with E-state index in [0.29, 0.717) is 5.89 Å². The third kappa shape index (κ3) is 5.78. The van der Waals surface area contributed by atoms with Crippen molar-refractivity contribution in [3.05, 3.63) is 206 Å². The number of benzene rings is 9. The van der Waals surface area contributed by atoms with Crippen LogP contribution in [-0.2, 0) is 0 Å². The zero-order valence-electron chi connectivity index (χ0n) is 29.4. The van der Waals surface area contributed by atoms with E-state index in [1.165, 1.54) is 27.5 Å². The van der Waals surface area contributed by atoms with E-state index >= 15 is 0 Å². The molecule has 3 heteroatoms. The van der Waals surface area contributed by atoms with Gasteiger partial charge >= 0.3 is 0 Å². The number of rotatable bonds is 7. The normalized spacial score (nSPS) is 11.3. The molecule has 0 amide bonds. The molecule has 0 atom stereocenters. The average molecular weight is 691 g/mol. The third-order valence-electron chi connectivity index (χ3n) is 10.3. The van der Waals surface area contributed by atoms with Gasteiger partial charge in [-0.15, -0.1) is 0 Å². The van der Waals surface area contributed by atoms with Crippen LogP contribution in [0.2, 0.25) is 0 Å². The fourth-order valence-electron chi connectivity index (χ4n) is 7.59. The molecule has 0 unspecified atom stereocenters.